The molecule has 0 aliphatic heterocycles. The van der Waals surface area contributed by atoms with Gasteiger partial charge in [-0.2, -0.15) is 0 Å². The third-order valence-electron chi connectivity index (χ3n) is 3.99. The van der Waals surface area contributed by atoms with E-state index >= 15 is 0 Å². The lowest BCUT2D eigenvalue weighted by molar-refractivity contribution is 0.0997. The maximum atomic E-state index is 12.6. The summed E-state index contributed by atoms with van der Waals surface area (Å²) in [5, 5.41) is 0. The molecule has 0 radical (unpaired) electrons. The van der Waals surface area contributed by atoms with E-state index < -0.39 is 0 Å². The summed E-state index contributed by atoms with van der Waals surface area (Å²) in [4.78, 5) is 16.6. The van der Waals surface area contributed by atoms with Crippen molar-refractivity contribution in [2.45, 2.75) is 26.2 Å². The highest BCUT2D eigenvalue weighted by atomic mass is 32.1. The first-order chi connectivity index (χ1) is 9.65. The number of thiophene rings is 1. The van der Waals surface area contributed by atoms with Crippen LogP contribution in [0.5, 0.6) is 0 Å². The minimum absolute atomic E-state index is 0.100. The first-order valence-electron chi connectivity index (χ1n) is 7.10. The van der Waals surface area contributed by atoms with E-state index in [2.05, 4.69) is 13.0 Å². The van der Waals surface area contributed by atoms with Crippen molar-refractivity contribution in [1.82, 2.24) is 0 Å². The summed E-state index contributed by atoms with van der Waals surface area (Å²) in [5.74, 6) is 0.843. The quantitative estimate of drug-likeness (QED) is 0.811. The van der Waals surface area contributed by atoms with Crippen molar-refractivity contribution in [3.63, 3.8) is 0 Å². The molecule has 0 unspecified atom stereocenters. The fourth-order valence-electron chi connectivity index (χ4n) is 2.75. The van der Waals surface area contributed by atoms with Crippen LogP contribution in [0.25, 0.3) is 0 Å². The summed E-state index contributed by atoms with van der Waals surface area (Å²) in [7, 11) is 1.85. The van der Waals surface area contributed by atoms with Gasteiger partial charge in [0.2, 0.25) is 0 Å². The van der Waals surface area contributed by atoms with Gasteiger partial charge < -0.3 is 4.90 Å². The smallest absolute Gasteiger partial charge is 0.268 e. The summed E-state index contributed by atoms with van der Waals surface area (Å²) in [5.41, 5.74) is 2.33. The second-order valence-corrected chi connectivity index (χ2v) is 6.74. The van der Waals surface area contributed by atoms with Gasteiger partial charge in [-0.15, -0.1) is 11.3 Å². The van der Waals surface area contributed by atoms with Crippen LogP contribution in [0.1, 0.15) is 33.5 Å². The molecular formula is C17H19NOS. The monoisotopic (exact) mass is 285 g/mol. The van der Waals surface area contributed by atoms with Gasteiger partial charge in [0.1, 0.15) is 0 Å². The number of nitrogens with zero attached hydrogens (tertiary/aromatic N) is 1. The van der Waals surface area contributed by atoms with E-state index in [-0.39, 0.29) is 5.91 Å². The van der Waals surface area contributed by atoms with Gasteiger partial charge in [0.15, 0.2) is 0 Å². The van der Waals surface area contributed by atoms with Crippen molar-refractivity contribution < 1.29 is 4.79 Å². The molecule has 0 saturated carbocycles. The zero-order valence-electron chi connectivity index (χ0n) is 11.9. The van der Waals surface area contributed by atoms with E-state index in [1.165, 1.54) is 16.9 Å². The molecule has 3 heteroatoms. The standard InChI is InChI=1S/C17H19NOS/c1-12-8-9-15-13(10-12)11-16(20-15)17(19)18(2)14-6-4-3-5-7-14/h3-7,11-12H,8-10H2,1-2H3/t12-/m1/s1. The maximum absolute atomic E-state index is 12.6. The number of benzene rings is 1. The van der Waals surface area contributed by atoms with Crippen molar-refractivity contribution >= 4 is 22.9 Å². The van der Waals surface area contributed by atoms with E-state index in [0.717, 1.165) is 29.3 Å². The second-order valence-electron chi connectivity index (χ2n) is 5.61. The van der Waals surface area contributed by atoms with Crippen LogP contribution in [-0.2, 0) is 12.8 Å². The molecule has 2 aromatic rings. The summed E-state index contributed by atoms with van der Waals surface area (Å²) in [6.45, 7) is 2.29. The Kier molecular flexibility index (Phi) is 3.62. The van der Waals surface area contributed by atoms with Gasteiger partial charge >= 0.3 is 0 Å². The number of amides is 1. The van der Waals surface area contributed by atoms with Crippen molar-refractivity contribution in [3.05, 3.63) is 51.7 Å². The molecule has 1 heterocycles. The molecule has 1 aliphatic carbocycles. The van der Waals surface area contributed by atoms with Crippen molar-refractivity contribution in [2.24, 2.45) is 5.92 Å². The fourth-order valence-corrected chi connectivity index (χ4v) is 3.93. The van der Waals surface area contributed by atoms with E-state index in [4.69, 9.17) is 0 Å². The molecular weight excluding hydrogens is 266 g/mol. The van der Waals surface area contributed by atoms with Crippen LogP contribution in [0.4, 0.5) is 5.69 Å². The predicted octanol–water partition coefficient (Wildman–Crippen LogP) is 4.15. The van der Waals surface area contributed by atoms with E-state index in [1.54, 1.807) is 16.2 Å². The number of carbonyl (C=O) groups is 1. The lowest BCUT2D eigenvalue weighted by atomic mass is 9.90. The Morgan fingerprint density at radius 1 is 1.30 bits per heavy atom. The lowest BCUT2D eigenvalue weighted by Gasteiger charge is -2.16. The Hall–Kier alpha value is -1.61. The highest BCUT2D eigenvalue weighted by Crippen LogP contribution is 2.33. The zero-order chi connectivity index (χ0) is 14.1. The largest absolute Gasteiger partial charge is 0.311 e. The van der Waals surface area contributed by atoms with Crippen LogP contribution < -0.4 is 4.90 Å². The number of aryl methyl sites for hydroxylation is 1. The fraction of sp³-hybridized carbons (Fsp3) is 0.353. The topological polar surface area (TPSA) is 20.3 Å². The molecule has 0 bridgehead atoms. The molecule has 1 aromatic heterocycles. The number of rotatable bonds is 2. The summed E-state index contributed by atoms with van der Waals surface area (Å²) in [6.07, 6.45) is 3.49. The van der Waals surface area contributed by atoms with Crippen LogP contribution in [0.15, 0.2) is 36.4 Å². The third-order valence-corrected chi connectivity index (χ3v) is 5.21. The number of hydrogen-bond acceptors (Lipinski definition) is 2. The first-order valence-corrected chi connectivity index (χ1v) is 7.91. The minimum Gasteiger partial charge on any atom is -0.311 e. The van der Waals surface area contributed by atoms with Crippen LogP contribution in [0, 0.1) is 5.92 Å². The number of anilines is 1. The predicted molar refractivity (Wildman–Crippen MR) is 84.7 cm³/mol. The van der Waals surface area contributed by atoms with Crippen LogP contribution in [-0.4, -0.2) is 13.0 Å². The molecule has 1 aliphatic rings. The molecule has 0 saturated heterocycles. The van der Waals surface area contributed by atoms with Crippen molar-refractivity contribution in [3.8, 4) is 0 Å². The number of carbonyl (C=O) groups excluding carboxylic acids is 1. The molecule has 0 spiro atoms. The normalized spacial score (nSPS) is 17.6. The van der Waals surface area contributed by atoms with E-state index in [9.17, 15) is 4.79 Å². The van der Waals surface area contributed by atoms with Gasteiger partial charge in [0.05, 0.1) is 4.88 Å². The molecule has 3 rings (SSSR count). The average molecular weight is 285 g/mol. The Labute approximate surface area is 124 Å². The SMILES string of the molecule is C[C@@H]1CCc2sc(C(=O)N(C)c3ccccc3)cc2C1. The first kappa shape index (κ1) is 13.4. The van der Waals surface area contributed by atoms with Gasteiger partial charge in [-0.1, -0.05) is 25.1 Å². The molecule has 104 valence electrons. The lowest BCUT2D eigenvalue weighted by Crippen LogP contribution is -2.25. The van der Waals surface area contributed by atoms with Crippen LogP contribution in [0.3, 0.4) is 0 Å². The molecule has 20 heavy (non-hydrogen) atoms. The minimum atomic E-state index is 0.100. The van der Waals surface area contributed by atoms with Gasteiger partial charge in [-0.05, 0) is 48.9 Å². The van der Waals surface area contributed by atoms with Gasteiger partial charge in [-0.25, -0.2) is 0 Å². The third kappa shape index (κ3) is 2.50. The average Bonchev–Trinajstić information content (AvgIpc) is 2.89. The van der Waals surface area contributed by atoms with E-state index in [1.807, 2.05) is 37.4 Å². The Balaban J connectivity index is 1.84. The Morgan fingerprint density at radius 2 is 2.05 bits per heavy atom. The Bertz CT molecular complexity index is 617. The second kappa shape index (κ2) is 5.41. The van der Waals surface area contributed by atoms with Gasteiger partial charge in [0.25, 0.3) is 5.91 Å². The number of hydrogen-bond donors (Lipinski definition) is 0. The number of para-hydroxylation sites is 1. The molecule has 1 atom stereocenters. The highest BCUT2D eigenvalue weighted by molar-refractivity contribution is 7.14. The van der Waals surface area contributed by atoms with Crippen molar-refractivity contribution in [2.75, 3.05) is 11.9 Å². The Morgan fingerprint density at radius 3 is 2.80 bits per heavy atom. The molecule has 1 amide bonds. The van der Waals surface area contributed by atoms with Gasteiger partial charge in [0, 0.05) is 17.6 Å². The van der Waals surface area contributed by atoms with Crippen molar-refractivity contribution in [1.29, 1.82) is 0 Å². The molecule has 0 N–H and O–H groups in total. The van der Waals surface area contributed by atoms with E-state index in [0.29, 0.717) is 0 Å². The number of fused-ring (bicyclic) bond motifs is 1. The molecule has 2 nitrogen and oxygen atoms in total. The maximum Gasteiger partial charge on any atom is 0.268 e. The molecule has 0 fully saturated rings. The van der Waals surface area contributed by atoms with Gasteiger partial charge in [-0.3, -0.25) is 4.79 Å². The summed E-state index contributed by atoms with van der Waals surface area (Å²) in [6, 6.07) is 11.9. The van der Waals surface area contributed by atoms with Crippen LogP contribution >= 0.6 is 11.3 Å². The zero-order valence-corrected chi connectivity index (χ0v) is 12.7. The van der Waals surface area contributed by atoms with Crippen LogP contribution in [0.2, 0.25) is 0 Å². The molecule has 1 aromatic carbocycles. The summed E-state index contributed by atoms with van der Waals surface area (Å²) < 4.78 is 0. The summed E-state index contributed by atoms with van der Waals surface area (Å²) >= 11 is 1.68. The highest BCUT2D eigenvalue weighted by Gasteiger charge is 2.22.